The van der Waals surface area contributed by atoms with E-state index < -0.39 is 0 Å². The molecule has 7 heteroatoms. The van der Waals surface area contributed by atoms with Gasteiger partial charge in [-0.05, 0) is 55.8 Å². The number of carbonyl (C=O) groups excluding carboxylic acids is 2. The zero-order valence-corrected chi connectivity index (χ0v) is 15.4. The van der Waals surface area contributed by atoms with E-state index in [4.69, 9.17) is 9.15 Å². The van der Waals surface area contributed by atoms with Crippen LogP contribution in [0.2, 0.25) is 0 Å². The van der Waals surface area contributed by atoms with E-state index in [0.29, 0.717) is 48.7 Å². The van der Waals surface area contributed by atoms with Gasteiger partial charge in [0.25, 0.3) is 5.91 Å². The molecule has 0 aliphatic heterocycles. The molecule has 7 nitrogen and oxygen atoms in total. The second-order valence-electron chi connectivity index (χ2n) is 5.57. The van der Waals surface area contributed by atoms with Crippen molar-refractivity contribution < 1.29 is 18.7 Å². The highest BCUT2D eigenvalue weighted by Crippen LogP contribution is 2.11. The summed E-state index contributed by atoms with van der Waals surface area (Å²) in [7, 11) is 1.57. The molecule has 1 heterocycles. The Hall–Kier alpha value is -3.35. The van der Waals surface area contributed by atoms with Crippen molar-refractivity contribution in [2.45, 2.75) is 13.3 Å². The van der Waals surface area contributed by atoms with Crippen LogP contribution in [-0.2, 0) is 4.79 Å². The molecule has 1 aromatic heterocycles. The summed E-state index contributed by atoms with van der Waals surface area (Å²) in [4.78, 5) is 23.4. The number of amides is 2. The molecule has 0 saturated heterocycles. The molecule has 0 spiro atoms. The minimum absolute atomic E-state index is 0.177. The first kappa shape index (κ1) is 20.0. The maximum Gasteiger partial charge on any atom is 0.251 e. The van der Waals surface area contributed by atoms with Gasteiger partial charge >= 0.3 is 0 Å². The summed E-state index contributed by atoms with van der Waals surface area (Å²) in [5, 5.41) is 8.40. The Morgan fingerprint density at radius 3 is 2.67 bits per heavy atom. The number of furan rings is 1. The van der Waals surface area contributed by atoms with E-state index in [9.17, 15) is 9.59 Å². The Morgan fingerprint density at radius 1 is 1.30 bits per heavy atom. The summed E-state index contributed by atoms with van der Waals surface area (Å²) in [6.45, 7) is 2.65. The van der Waals surface area contributed by atoms with Crippen LogP contribution in [0.1, 0.15) is 29.5 Å². The van der Waals surface area contributed by atoms with Crippen molar-refractivity contribution in [2.75, 3.05) is 20.2 Å². The van der Waals surface area contributed by atoms with Crippen LogP contribution < -0.4 is 10.1 Å². The summed E-state index contributed by atoms with van der Waals surface area (Å²) in [6, 6.07) is 10.4. The van der Waals surface area contributed by atoms with Crippen LogP contribution in [0.5, 0.6) is 5.75 Å². The first-order chi connectivity index (χ1) is 13.2. The van der Waals surface area contributed by atoms with E-state index in [0.717, 1.165) is 0 Å². The highest BCUT2D eigenvalue weighted by Gasteiger charge is 2.08. The van der Waals surface area contributed by atoms with E-state index in [1.165, 1.54) is 5.01 Å². The Labute approximate surface area is 158 Å². The molecule has 0 aliphatic rings. The summed E-state index contributed by atoms with van der Waals surface area (Å²) < 4.78 is 10.4. The molecule has 1 aromatic carbocycles. The van der Waals surface area contributed by atoms with Gasteiger partial charge in [-0.3, -0.25) is 9.59 Å². The molecule has 0 radical (unpaired) electrons. The molecule has 2 amide bonds. The third kappa shape index (κ3) is 6.14. The van der Waals surface area contributed by atoms with Crippen molar-refractivity contribution in [3.05, 3.63) is 66.1 Å². The molecule has 0 aliphatic carbocycles. The number of nitrogens with one attached hydrogen (secondary N) is 1. The van der Waals surface area contributed by atoms with E-state index in [1.54, 1.807) is 55.8 Å². The number of carbonyl (C=O) groups is 2. The van der Waals surface area contributed by atoms with Gasteiger partial charge in [0.2, 0.25) is 6.41 Å². The lowest BCUT2D eigenvalue weighted by Crippen LogP contribution is -2.28. The van der Waals surface area contributed by atoms with E-state index in [2.05, 4.69) is 10.4 Å². The first-order valence-electron chi connectivity index (χ1n) is 8.57. The second-order valence-corrected chi connectivity index (χ2v) is 5.57. The maximum atomic E-state index is 12.1. The fourth-order valence-corrected chi connectivity index (χ4v) is 2.30. The second kappa shape index (κ2) is 10.6. The average molecular weight is 369 g/mol. The van der Waals surface area contributed by atoms with Gasteiger partial charge in [0.05, 0.1) is 13.4 Å². The lowest BCUT2D eigenvalue weighted by Gasteiger charge is -2.13. The molecule has 2 rings (SSSR count). The van der Waals surface area contributed by atoms with Crippen molar-refractivity contribution in [1.29, 1.82) is 0 Å². The summed E-state index contributed by atoms with van der Waals surface area (Å²) >= 11 is 0. The van der Waals surface area contributed by atoms with Crippen molar-refractivity contribution >= 4 is 18.0 Å². The third-order valence-corrected chi connectivity index (χ3v) is 3.66. The molecule has 142 valence electrons. The van der Waals surface area contributed by atoms with Crippen LogP contribution >= 0.6 is 0 Å². The third-order valence-electron chi connectivity index (χ3n) is 3.66. The lowest BCUT2D eigenvalue weighted by molar-refractivity contribution is -0.118. The Bertz CT molecular complexity index is 780. The molecule has 0 unspecified atom stereocenters. The topological polar surface area (TPSA) is 84.1 Å². The van der Waals surface area contributed by atoms with E-state index in [-0.39, 0.29) is 5.91 Å². The van der Waals surface area contributed by atoms with Crippen molar-refractivity contribution in [3.63, 3.8) is 0 Å². The van der Waals surface area contributed by atoms with Gasteiger partial charge < -0.3 is 14.5 Å². The molecule has 2 aromatic rings. The van der Waals surface area contributed by atoms with Gasteiger partial charge in [0.1, 0.15) is 11.5 Å². The van der Waals surface area contributed by atoms with E-state index >= 15 is 0 Å². The number of allylic oxidation sites excluding steroid dienone is 2. The number of hydrogen-bond donors (Lipinski definition) is 1. The van der Waals surface area contributed by atoms with Crippen molar-refractivity contribution in [2.24, 2.45) is 5.10 Å². The number of methoxy groups -OCH3 is 1. The van der Waals surface area contributed by atoms with Crippen molar-refractivity contribution in [3.8, 4) is 5.75 Å². The molecule has 27 heavy (non-hydrogen) atoms. The molecule has 0 atom stereocenters. The smallest absolute Gasteiger partial charge is 0.251 e. The Morgan fingerprint density at radius 2 is 2.07 bits per heavy atom. The highest BCUT2D eigenvalue weighted by molar-refractivity contribution is 6.06. The fourth-order valence-electron chi connectivity index (χ4n) is 2.30. The van der Waals surface area contributed by atoms with Gasteiger partial charge in [-0.1, -0.05) is 6.08 Å². The van der Waals surface area contributed by atoms with Gasteiger partial charge in [0, 0.05) is 18.7 Å². The summed E-state index contributed by atoms with van der Waals surface area (Å²) in [5.41, 5.74) is 1.10. The molecule has 0 fully saturated rings. The van der Waals surface area contributed by atoms with Gasteiger partial charge in [-0.25, -0.2) is 5.01 Å². The fraction of sp³-hybridized carbons (Fsp3) is 0.250. The summed E-state index contributed by atoms with van der Waals surface area (Å²) in [5.74, 6) is 1.09. The van der Waals surface area contributed by atoms with Gasteiger partial charge in [-0.2, -0.15) is 5.10 Å². The van der Waals surface area contributed by atoms with Crippen LogP contribution in [0.3, 0.4) is 0 Å². The molecular weight excluding hydrogens is 346 g/mol. The molecular formula is C20H23N3O4. The molecule has 1 N–H and O–H groups in total. The number of rotatable bonds is 10. The zero-order valence-electron chi connectivity index (χ0n) is 15.4. The van der Waals surface area contributed by atoms with Gasteiger partial charge in [-0.15, -0.1) is 0 Å². The normalized spacial score (nSPS) is 11.4. The number of hydrogen-bond acceptors (Lipinski definition) is 5. The van der Waals surface area contributed by atoms with E-state index in [1.807, 2.05) is 13.0 Å². The number of benzene rings is 1. The lowest BCUT2D eigenvalue weighted by atomic mass is 10.2. The molecule has 0 bridgehead atoms. The average Bonchev–Trinajstić information content (AvgIpc) is 3.24. The van der Waals surface area contributed by atoms with Crippen LogP contribution in [0, 0.1) is 0 Å². The number of hydrazone groups is 1. The predicted molar refractivity (Wildman–Crippen MR) is 103 cm³/mol. The standard InChI is InChI=1S/C20H23N3O4/c1-3-6-18(19-7-4-14-27-19)22-23(15-24)13-5-12-21-20(25)16-8-10-17(26-2)11-9-16/h3-4,6-11,14-15H,5,12-13H2,1-2H3,(H,21,25)/b6-3-,22-18+. The van der Waals surface area contributed by atoms with Crippen molar-refractivity contribution in [1.82, 2.24) is 10.3 Å². The quantitative estimate of drug-likeness (QED) is 0.302. The highest BCUT2D eigenvalue weighted by atomic mass is 16.5. The summed E-state index contributed by atoms with van der Waals surface area (Å²) in [6.07, 6.45) is 6.34. The number of ether oxygens (including phenoxy) is 1. The predicted octanol–water partition coefficient (Wildman–Crippen LogP) is 2.85. The van der Waals surface area contributed by atoms with Crippen LogP contribution in [0.15, 0.2) is 64.3 Å². The monoisotopic (exact) mass is 369 g/mol. The maximum absolute atomic E-state index is 12.1. The Kier molecular flexibility index (Phi) is 7.84. The first-order valence-corrected chi connectivity index (χ1v) is 8.57. The Balaban J connectivity index is 1.85. The van der Waals surface area contributed by atoms with Crippen LogP contribution in [-0.4, -0.2) is 43.2 Å². The van der Waals surface area contributed by atoms with Crippen LogP contribution in [0.4, 0.5) is 0 Å². The SMILES string of the molecule is C/C=C\C(=N/N(C=O)CCCNC(=O)c1ccc(OC)cc1)c1ccco1. The minimum Gasteiger partial charge on any atom is -0.497 e. The van der Waals surface area contributed by atoms with Gasteiger partial charge in [0.15, 0.2) is 5.76 Å². The minimum atomic E-state index is -0.177. The van der Waals surface area contributed by atoms with Crippen LogP contribution in [0.25, 0.3) is 0 Å². The largest absolute Gasteiger partial charge is 0.497 e. The zero-order chi connectivity index (χ0) is 19.5. The number of nitrogens with zero attached hydrogens (tertiary/aromatic N) is 2. The molecule has 0 saturated carbocycles.